The molecule has 2 aliphatic rings. The van der Waals surface area contributed by atoms with Crippen molar-refractivity contribution >= 4 is 6.03 Å². The van der Waals surface area contributed by atoms with Crippen LogP contribution in [0.3, 0.4) is 0 Å². The van der Waals surface area contributed by atoms with Crippen molar-refractivity contribution in [3.05, 3.63) is 35.9 Å². The molecule has 0 unspecified atom stereocenters. The van der Waals surface area contributed by atoms with E-state index in [0.717, 1.165) is 44.8 Å². The van der Waals surface area contributed by atoms with E-state index in [1.807, 2.05) is 35.2 Å². The molecule has 0 radical (unpaired) electrons. The molecule has 144 valence electrons. The predicted molar refractivity (Wildman–Crippen MR) is 106 cm³/mol. The number of hydrogen-bond acceptors (Lipinski definition) is 3. The second-order valence-electron chi connectivity index (χ2n) is 8.84. The molecule has 0 saturated carbocycles. The summed E-state index contributed by atoms with van der Waals surface area (Å²) in [4.78, 5) is 20.0. The number of urea groups is 1. The van der Waals surface area contributed by atoms with Gasteiger partial charge in [-0.1, -0.05) is 44.2 Å². The van der Waals surface area contributed by atoms with E-state index < -0.39 is 0 Å². The van der Waals surface area contributed by atoms with E-state index in [-0.39, 0.29) is 11.6 Å². The van der Waals surface area contributed by atoms with E-state index in [4.69, 9.17) is 0 Å². The summed E-state index contributed by atoms with van der Waals surface area (Å²) in [6.07, 6.45) is 0. The third-order valence-electron chi connectivity index (χ3n) is 5.55. The molecule has 2 fully saturated rings. The van der Waals surface area contributed by atoms with E-state index in [1.54, 1.807) is 0 Å². The number of benzene rings is 1. The van der Waals surface area contributed by atoms with Gasteiger partial charge in [-0.3, -0.25) is 4.90 Å². The number of nitrogens with zero attached hydrogens (tertiary/aromatic N) is 3. The van der Waals surface area contributed by atoms with Crippen LogP contribution in [0.1, 0.15) is 33.3 Å². The molecule has 0 aromatic heterocycles. The standard InChI is InChI=1S/C21H34N4O/c1-17(2)13-23-10-11-25-19(14-23)15-24(16-21(25,3)4)20(26)22-12-18-8-6-5-7-9-18/h5-9,17,19H,10-16H2,1-4H3,(H,22,26)/t19-/m0/s1. The number of carbonyl (C=O) groups excluding carboxylic acids is 1. The first-order valence-corrected chi connectivity index (χ1v) is 9.91. The molecule has 2 heterocycles. The molecule has 2 saturated heterocycles. The van der Waals surface area contributed by atoms with Crippen molar-refractivity contribution in [2.45, 2.75) is 45.8 Å². The van der Waals surface area contributed by atoms with Crippen molar-refractivity contribution in [1.29, 1.82) is 0 Å². The minimum atomic E-state index is 0.0247. The Hall–Kier alpha value is -1.59. The first-order valence-electron chi connectivity index (χ1n) is 9.91. The molecule has 26 heavy (non-hydrogen) atoms. The SMILES string of the molecule is CC(C)CN1CCN2[C@@H](C1)CN(C(=O)NCc1ccccc1)CC2(C)C. The summed E-state index contributed by atoms with van der Waals surface area (Å²) in [5, 5.41) is 3.10. The quantitative estimate of drug-likeness (QED) is 0.899. The normalized spacial score (nSPS) is 23.7. The summed E-state index contributed by atoms with van der Waals surface area (Å²) in [6, 6.07) is 10.6. The Bertz CT molecular complexity index is 601. The zero-order chi connectivity index (χ0) is 18.7. The van der Waals surface area contributed by atoms with Crippen LogP contribution < -0.4 is 5.32 Å². The molecule has 1 N–H and O–H groups in total. The lowest BCUT2D eigenvalue weighted by Crippen LogP contribution is -2.71. The van der Waals surface area contributed by atoms with Crippen LogP contribution in [0.5, 0.6) is 0 Å². The van der Waals surface area contributed by atoms with Crippen LogP contribution in [0.4, 0.5) is 4.79 Å². The molecule has 0 bridgehead atoms. The van der Waals surface area contributed by atoms with Gasteiger partial charge in [0, 0.05) is 57.4 Å². The average Bonchev–Trinajstić information content (AvgIpc) is 2.59. The molecule has 0 aliphatic carbocycles. The van der Waals surface area contributed by atoms with Gasteiger partial charge in [-0.05, 0) is 25.3 Å². The molecule has 0 spiro atoms. The maximum absolute atomic E-state index is 12.8. The fraction of sp³-hybridized carbons (Fsp3) is 0.667. The second kappa shape index (κ2) is 7.97. The van der Waals surface area contributed by atoms with Crippen molar-refractivity contribution < 1.29 is 4.79 Å². The molecular formula is C21H34N4O. The van der Waals surface area contributed by atoms with Gasteiger partial charge in [0.15, 0.2) is 0 Å². The largest absolute Gasteiger partial charge is 0.334 e. The summed E-state index contributed by atoms with van der Waals surface area (Å²) < 4.78 is 0. The van der Waals surface area contributed by atoms with Crippen LogP contribution in [0.2, 0.25) is 0 Å². The number of hydrogen-bond donors (Lipinski definition) is 1. The summed E-state index contributed by atoms with van der Waals surface area (Å²) in [7, 11) is 0. The van der Waals surface area contributed by atoms with Crippen molar-refractivity contribution in [1.82, 2.24) is 20.0 Å². The summed E-state index contributed by atoms with van der Waals surface area (Å²) in [6.45, 7) is 15.7. The first kappa shape index (κ1) is 19.2. The number of nitrogens with one attached hydrogen (secondary N) is 1. The van der Waals surface area contributed by atoms with E-state index in [1.165, 1.54) is 0 Å². The van der Waals surface area contributed by atoms with E-state index in [9.17, 15) is 4.79 Å². The van der Waals surface area contributed by atoms with Crippen LogP contribution in [0.15, 0.2) is 30.3 Å². The molecular weight excluding hydrogens is 324 g/mol. The Labute approximate surface area is 158 Å². The lowest BCUT2D eigenvalue weighted by atomic mass is 9.92. The van der Waals surface area contributed by atoms with Gasteiger partial charge in [-0.2, -0.15) is 0 Å². The number of carbonyl (C=O) groups is 1. The number of rotatable bonds is 4. The Kier molecular flexibility index (Phi) is 5.88. The lowest BCUT2D eigenvalue weighted by Gasteiger charge is -2.55. The smallest absolute Gasteiger partial charge is 0.317 e. The third kappa shape index (κ3) is 4.57. The topological polar surface area (TPSA) is 38.8 Å². The minimum Gasteiger partial charge on any atom is -0.334 e. The van der Waals surface area contributed by atoms with Gasteiger partial charge in [-0.15, -0.1) is 0 Å². The van der Waals surface area contributed by atoms with Crippen molar-refractivity contribution in [3.63, 3.8) is 0 Å². The van der Waals surface area contributed by atoms with Gasteiger partial charge >= 0.3 is 6.03 Å². The molecule has 1 aromatic rings. The Morgan fingerprint density at radius 2 is 1.92 bits per heavy atom. The van der Waals surface area contributed by atoms with Gasteiger partial charge in [0.05, 0.1) is 0 Å². The highest BCUT2D eigenvalue weighted by atomic mass is 16.2. The molecule has 1 aromatic carbocycles. The zero-order valence-electron chi connectivity index (χ0n) is 16.7. The first-order chi connectivity index (χ1) is 12.3. The Morgan fingerprint density at radius 3 is 2.62 bits per heavy atom. The van der Waals surface area contributed by atoms with Crippen molar-refractivity contribution in [2.24, 2.45) is 5.92 Å². The highest BCUT2D eigenvalue weighted by molar-refractivity contribution is 5.74. The Balaban J connectivity index is 1.61. The molecule has 2 amide bonds. The maximum atomic E-state index is 12.8. The highest BCUT2D eigenvalue weighted by Crippen LogP contribution is 2.28. The van der Waals surface area contributed by atoms with Gasteiger partial charge in [-0.25, -0.2) is 4.79 Å². The van der Waals surface area contributed by atoms with E-state index in [0.29, 0.717) is 18.5 Å². The van der Waals surface area contributed by atoms with Crippen LogP contribution in [0.25, 0.3) is 0 Å². The number of piperazine rings is 2. The van der Waals surface area contributed by atoms with Crippen LogP contribution in [-0.4, -0.2) is 71.6 Å². The zero-order valence-corrected chi connectivity index (χ0v) is 16.7. The molecule has 5 heteroatoms. The highest BCUT2D eigenvalue weighted by Gasteiger charge is 2.43. The summed E-state index contributed by atoms with van der Waals surface area (Å²) >= 11 is 0. The van der Waals surface area contributed by atoms with Crippen molar-refractivity contribution in [3.8, 4) is 0 Å². The monoisotopic (exact) mass is 358 g/mol. The lowest BCUT2D eigenvalue weighted by molar-refractivity contribution is -0.0542. The van der Waals surface area contributed by atoms with Crippen LogP contribution in [-0.2, 0) is 6.54 Å². The van der Waals surface area contributed by atoms with Gasteiger partial charge < -0.3 is 15.1 Å². The van der Waals surface area contributed by atoms with Gasteiger partial charge in [0.25, 0.3) is 0 Å². The third-order valence-corrected chi connectivity index (χ3v) is 5.55. The molecule has 5 nitrogen and oxygen atoms in total. The maximum Gasteiger partial charge on any atom is 0.317 e. The molecule has 1 atom stereocenters. The fourth-order valence-corrected chi connectivity index (χ4v) is 4.47. The molecule has 2 aliphatic heterocycles. The summed E-state index contributed by atoms with van der Waals surface area (Å²) in [5.74, 6) is 0.684. The van der Waals surface area contributed by atoms with Crippen LogP contribution in [0, 0.1) is 5.92 Å². The fourth-order valence-electron chi connectivity index (χ4n) is 4.47. The van der Waals surface area contributed by atoms with E-state index in [2.05, 4.69) is 42.8 Å². The average molecular weight is 359 g/mol. The minimum absolute atomic E-state index is 0.0247. The Morgan fingerprint density at radius 1 is 1.19 bits per heavy atom. The molecule has 3 rings (SSSR count). The van der Waals surface area contributed by atoms with Crippen LogP contribution >= 0.6 is 0 Å². The van der Waals surface area contributed by atoms with Gasteiger partial charge in [0.1, 0.15) is 0 Å². The number of amides is 2. The summed E-state index contributed by atoms with van der Waals surface area (Å²) in [5.41, 5.74) is 1.16. The second-order valence-corrected chi connectivity index (χ2v) is 8.84. The van der Waals surface area contributed by atoms with E-state index >= 15 is 0 Å². The predicted octanol–water partition coefficient (Wildman–Crippen LogP) is 2.63. The van der Waals surface area contributed by atoms with Crippen molar-refractivity contribution in [2.75, 3.05) is 39.3 Å². The number of fused-ring (bicyclic) bond motifs is 1. The van der Waals surface area contributed by atoms with Gasteiger partial charge in [0.2, 0.25) is 0 Å².